The third kappa shape index (κ3) is 2.67. The van der Waals surface area contributed by atoms with Gasteiger partial charge in [0.2, 0.25) is 5.89 Å². The van der Waals surface area contributed by atoms with Crippen LogP contribution in [0.15, 0.2) is 27.1 Å². The predicted molar refractivity (Wildman–Crippen MR) is 92.2 cm³/mol. The Kier molecular flexibility index (Phi) is 3.48. The van der Waals surface area contributed by atoms with E-state index in [4.69, 9.17) is 4.42 Å². The Labute approximate surface area is 147 Å². The number of hydrogen-bond donors (Lipinski definition) is 0. The summed E-state index contributed by atoms with van der Waals surface area (Å²) in [6.07, 6.45) is 4.98. The van der Waals surface area contributed by atoms with Gasteiger partial charge in [-0.1, -0.05) is 17.8 Å². The largest absolute Gasteiger partial charge is 0.419 e. The second-order valence-electron chi connectivity index (χ2n) is 6.40. The van der Waals surface area contributed by atoms with Gasteiger partial charge in [-0.05, 0) is 44.1 Å². The zero-order valence-electron chi connectivity index (χ0n) is 13.3. The topological polar surface area (TPSA) is 69.6 Å². The lowest BCUT2D eigenvalue weighted by atomic mass is 10.4. The molecule has 0 N–H and O–H groups in total. The monoisotopic (exact) mass is 359 g/mol. The first-order chi connectivity index (χ1) is 11.8. The van der Waals surface area contributed by atoms with Gasteiger partial charge in [0.15, 0.2) is 5.16 Å². The van der Waals surface area contributed by atoms with Crippen LogP contribution in [0, 0.1) is 0 Å². The molecule has 2 fully saturated rings. The predicted octanol–water partition coefficient (Wildman–Crippen LogP) is 4.46. The van der Waals surface area contributed by atoms with Crippen molar-refractivity contribution in [2.24, 2.45) is 0 Å². The summed E-state index contributed by atoms with van der Waals surface area (Å²) in [4.78, 5) is 1.00. The summed E-state index contributed by atoms with van der Waals surface area (Å²) in [5, 5.41) is 20.4. The van der Waals surface area contributed by atoms with Crippen molar-refractivity contribution in [3.05, 3.63) is 29.2 Å². The third-order valence-corrected chi connectivity index (χ3v) is 6.25. The van der Waals surface area contributed by atoms with Gasteiger partial charge in [0.25, 0.3) is 5.89 Å². The molecule has 2 saturated carbocycles. The Morgan fingerprint density at radius 1 is 1.21 bits per heavy atom. The van der Waals surface area contributed by atoms with E-state index in [1.165, 1.54) is 31.5 Å². The SMILES string of the molecule is C[C@@H](Sc1nnc(C2CC2)n1C1CC1)c1nnc(-c2cccs2)o1. The summed E-state index contributed by atoms with van der Waals surface area (Å²) >= 11 is 3.27. The molecule has 0 amide bonds. The minimum Gasteiger partial charge on any atom is -0.419 e. The molecule has 5 rings (SSSR count). The molecule has 0 aliphatic heterocycles. The van der Waals surface area contributed by atoms with E-state index < -0.39 is 0 Å². The van der Waals surface area contributed by atoms with Crippen LogP contribution in [0.25, 0.3) is 10.8 Å². The Morgan fingerprint density at radius 2 is 2.08 bits per heavy atom. The normalized spacial score (nSPS) is 18.9. The van der Waals surface area contributed by atoms with Crippen molar-refractivity contribution < 1.29 is 4.42 Å². The van der Waals surface area contributed by atoms with E-state index >= 15 is 0 Å². The van der Waals surface area contributed by atoms with Gasteiger partial charge in [-0.25, -0.2) is 0 Å². The molecule has 0 spiro atoms. The fourth-order valence-electron chi connectivity index (χ4n) is 2.77. The minimum atomic E-state index is 0.0555. The molecule has 0 saturated heterocycles. The van der Waals surface area contributed by atoms with E-state index in [1.54, 1.807) is 23.1 Å². The number of thioether (sulfide) groups is 1. The van der Waals surface area contributed by atoms with Crippen molar-refractivity contribution in [3.63, 3.8) is 0 Å². The van der Waals surface area contributed by atoms with Gasteiger partial charge in [0, 0.05) is 12.0 Å². The smallest absolute Gasteiger partial charge is 0.257 e. The molecule has 2 aliphatic rings. The van der Waals surface area contributed by atoms with Crippen LogP contribution in [0.2, 0.25) is 0 Å². The second-order valence-corrected chi connectivity index (χ2v) is 8.65. The maximum atomic E-state index is 5.85. The van der Waals surface area contributed by atoms with E-state index in [9.17, 15) is 0 Å². The van der Waals surface area contributed by atoms with E-state index in [-0.39, 0.29) is 5.25 Å². The first-order valence-electron chi connectivity index (χ1n) is 8.28. The van der Waals surface area contributed by atoms with E-state index in [1.807, 2.05) is 17.5 Å². The maximum absolute atomic E-state index is 5.85. The van der Waals surface area contributed by atoms with Crippen LogP contribution in [0.3, 0.4) is 0 Å². The van der Waals surface area contributed by atoms with Crippen molar-refractivity contribution >= 4 is 23.1 Å². The van der Waals surface area contributed by atoms with Crippen molar-refractivity contribution in [1.29, 1.82) is 0 Å². The average molecular weight is 359 g/mol. The lowest BCUT2D eigenvalue weighted by Crippen LogP contribution is -2.02. The van der Waals surface area contributed by atoms with Crippen LogP contribution in [0.4, 0.5) is 0 Å². The van der Waals surface area contributed by atoms with Crippen LogP contribution in [0.1, 0.15) is 61.5 Å². The molecule has 8 heteroatoms. The Bertz CT molecular complexity index is 848. The molecular formula is C16H17N5OS2. The van der Waals surface area contributed by atoms with Gasteiger partial charge in [-0.2, -0.15) is 0 Å². The van der Waals surface area contributed by atoms with E-state index in [0.29, 0.717) is 23.7 Å². The Balaban J connectivity index is 1.38. The van der Waals surface area contributed by atoms with Gasteiger partial charge < -0.3 is 8.98 Å². The summed E-state index contributed by atoms with van der Waals surface area (Å²) < 4.78 is 8.21. The van der Waals surface area contributed by atoms with Crippen molar-refractivity contribution in [2.75, 3.05) is 0 Å². The zero-order chi connectivity index (χ0) is 16.1. The number of nitrogens with zero attached hydrogens (tertiary/aromatic N) is 5. The molecule has 0 aromatic carbocycles. The molecule has 2 aliphatic carbocycles. The average Bonchev–Trinajstić information content (AvgIpc) is 3.44. The standard InChI is InChI=1S/C16H17N5OS2/c1-9(14-18-19-15(22-14)12-3-2-8-23-12)24-16-20-17-13(10-4-5-10)21(16)11-6-7-11/h2-3,8-11H,4-7H2,1H3/t9-/m1/s1. The Morgan fingerprint density at radius 3 is 2.79 bits per heavy atom. The van der Waals surface area contributed by atoms with E-state index in [0.717, 1.165) is 10.0 Å². The fourth-order valence-corrected chi connectivity index (χ4v) is 4.37. The van der Waals surface area contributed by atoms with Crippen molar-refractivity contribution in [1.82, 2.24) is 25.0 Å². The summed E-state index contributed by atoms with van der Waals surface area (Å²) in [6.45, 7) is 2.08. The van der Waals surface area contributed by atoms with Gasteiger partial charge in [-0.3, -0.25) is 0 Å². The maximum Gasteiger partial charge on any atom is 0.257 e. The highest BCUT2D eigenvalue weighted by atomic mass is 32.2. The number of aromatic nitrogens is 5. The van der Waals surface area contributed by atoms with Crippen LogP contribution >= 0.6 is 23.1 Å². The highest BCUT2D eigenvalue weighted by Crippen LogP contribution is 2.47. The highest BCUT2D eigenvalue weighted by molar-refractivity contribution is 7.99. The Hall–Kier alpha value is -1.67. The molecule has 3 aromatic rings. The van der Waals surface area contributed by atoms with Crippen LogP contribution in [-0.2, 0) is 0 Å². The van der Waals surface area contributed by atoms with Crippen molar-refractivity contribution in [2.45, 2.75) is 55.0 Å². The number of thiophene rings is 1. The zero-order valence-corrected chi connectivity index (χ0v) is 14.9. The van der Waals surface area contributed by atoms with Gasteiger partial charge in [0.1, 0.15) is 5.82 Å². The third-order valence-electron chi connectivity index (χ3n) is 4.35. The first kappa shape index (κ1) is 14.7. The molecule has 124 valence electrons. The van der Waals surface area contributed by atoms with Gasteiger partial charge >= 0.3 is 0 Å². The fraction of sp³-hybridized carbons (Fsp3) is 0.500. The van der Waals surface area contributed by atoms with Gasteiger partial charge in [-0.15, -0.1) is 31.7 Å². The van der Waals surface area contributed by atoms with Gasteiger partial charge in [0.05, 0.1) is 10.1 Å². The van der Waals surface area contributed by atoms with Crippen LogP contribution in [0.5, 0.6) is 0 Å². The lowest BCUT2D eigenvalue weighted by molar-refractivity contribution is 0.509. The molecule has 0 bridgehead atoms. The molecule has 6 nitrogen and oxygen atoms in total. The van der Waals surface area contributed by atoms with Crippen molar-refractivity contribution in [3.8, 4) is 10.8 Å². The first-order valence-corrected chi connectivity index (χ1v) is 10.0. The summed E-state index contributed by atoms with van der Waals surface area (Å²) in [7, 11) is 0. The van der Waals surface area contributed by atoms with Crippen LogP contribution < -0.4 is 0 Å². The molecular weight excluding hydrogens is 342 g/mol. The van der Waals surface area contributed by atoms with E-state index in [2.05, 4.69) is 31.9 Å². The molecule has 0 unspecified atom stereocenters. The number of hydrogen-bond acceptors (Lipinski definition) is 7. The van der Waals surface area contributed by atoms with Crippen LogP contribution in [-0.4, -0.2) is 25.0 Å². The lowest BCUT2D eigenvalue weighted by Gasteiger charge is -2.10. The molecule has 3 aromatic heterocycles. The molecule has 0 radical (unpaired) electrons. The quantitative estimate of drug-likeness (QED) is 0.605. The summed E-state index contributed by atoms with van der Waals surface area (Å²) in [5.41, 5.74) is 0. The summed E-state index contributed by atoms with van der Waals surface area (Å²) in [5.74, 6) is 3.03. The molecule has 3 heterocycles. The minimum absolute atomic E-state index is 0.0555. The second kappa shape index (κ2) is 5.70. The molecule has 24 heavy (non-hydrogen) atoms. The molecule has 1 atom stereocenters. The number of rotatable bonds is 6. The summed E-state index contributed by atoms with van der Waals surface area (Å²) in [6, 6.07) is 4.57. The highest BCUT2D eigenvalue weighted by Gasteiger charge is 2.37.